The van der Waals surface area contributed by atoms with Gasteiger partial charge in [0.2, 0.25) is 0 Å². The molecule has 8 nitrogen and oxygen atoms in total. The maximum atomic E-state index is 11.9. The predicted octanol–water partition coefficient (Wildman–Crippen LogP) is -2.41. The molecule has 118 valence electrons. The second kappa shape index (κ2) is 6.89. The van der Waals surface area contributed by atoms with Crippen LogP contribution in [-0.2, 0) is 11.2 Å². The zero-order valence-corrected chi connectivity index (χ0v) is 13.6. The van der Waals surface area contributed by atoms with Gasteiger partial charge in [-0.3, -0.25) is 0 Å². The summed E-state index contributed by atoms with van der Waals surface area (Å²) < 4.78 is 6.37. The second-order valence-electron chi connectivity index (χ2n) is 4.90. The van der Waals surface area contributed by atoms with Gasteiger partial charge in [0.15, 0.2) is 0 Å². The molecule has 1 aromatic rings. The van der Waals surface area contributed by atoms with Crippen molar-refractivity contribution in [3.05, 3.63) is 32.6 Å². The molecule has 1 aliphatic heterocycles. The van der Waals surface area contributed by atoms with Crippen molar-refractivity contribution in [3.8, 4) is 0 Å². The molecule has 0 spiro atoms. The molecule has 1 saturated heterocycles. The molecular weight excluding hydrogens is 343 g/mol. The number of aliphatic hydroxyl groups excluding tert-OH is 3. The Hall–Kier alpha value is -0.922. The molecule has 1 fully saturated rings. The number of rotatable bonds is 5. The van der Waals surface area contributed by atoms with Gasteiger partial charge >= 0.3 is 126 Å². The summed E-state index contributed by atoms with van der Waals surface area (Å²) in [5.41, 5.74) is 1.39. The number of ether oxygens (including phenoxy) is 1. The van der Waals surface area contributed by atoms with E-state index < -0.39 is 42.4 Å². The van der Waals surface area contributed by atoms with E-state index in [-0.39, 0.29) is 15.8 Å². The minimum atomic E-state index is -1.35. The van der Waals surface area contributed by atoms with Crippen molar-refractivity contribution in [2.75, 3.05) is 6.61 Å². The fourth-order valence-corrected chi connectivity index (χ4v) is 3.35. The molecule has 2 heterocycles. The first kappa shape index (κ1) is 16.4. The van der Waals surface area contributed by atoms with E-state index >= 15 is 0 Å². The molecule has 2 rings (SSSR count). The molecular formula is C12H19AsN2O6. The van der Waals surface area contributed by atoms with E-state index in [0.717, 1.165) is 9.78 Å². The first-order chi connectivity index (χ1) is 9.99. The molecule has 0 amide bonds. The predicted molar refractivity (Wildman–Crippen MR) is 75.9 cm³/mol. The first-order valence-corrected chi connectivity index (χ1v) is 10.2. The van der Waals surface area contributed by atoms with Gasteiger partial charge in [-0.25, -0.2) is 0 Å². The van der Waals surface area contributed by atoms with E-state index in [1.54, 1.807) is 0 Å². The molecule has 0 bridgehead atoms. The summed E-state index contributed by atoms with van der Waals surface area (Å²) >= 11 is -0.0997. The standard InChI is InChI=1S/C12H19AsN2O6/c1-13-3-2-6-4-15(12(20)14-10(6)19)11-9(18)8(17)7(5-16)21-11/h4,7-9,11,13,16-18H,2-3,5H2,1H3,(H,14,19,20)/t7-,8?,9?,11-/m0/s1. The van der Waals surface area contributed by atoms with Crippen molar-refractivity contribution < 1.29 is 20.1 Å². The quantitative estimate of drug-likeness (QED) is 0.433. The van der Waals surface area contributed by atoms with Crippen LogP contribution in [0.4, 0.5) is 0 Å². The average molecular weight is 362 g/mol. The molecule has 0 aromatic carbocycles. The Bertz CT molecular complexity index is 600. The minimum absolute atomic E-state index is 0.0997. The Morgan fingerprint density at radius 1 is 1.38 bits per heavy atom. The zero-order valence-electron chi connectivity index (χ0n) is 11.5. The van der Waals surface area contributed by atoms with Crippen molar-refractivity contribution in [2.24, 2.45) is 0 Å². The third-order valence-electron chi connectivity index (χ3n) is 3.48. The molecule has 3 unspecified atom stereocenters. The van der Waals surface area contributed by atoms with Crippen LogP contribution in [0, 0.1) is 0 Å². The normalized spacial score (nSPS) is 29.5. The van der Waals surface area contributed by atoms with Crippen LogP contribution in [0.2, 0.25) is 10.9 Å². The van der Waals surface area contributed by atoms with Crippen LogP contribution in [0.1, 0.15) is 11.8 Å². The van der Waals surface area contributed by atoms with E-state index in [0.29, 0.717) is 12.0 Å². The number of aromatic nitrogens is 2. The van der Waals surface area contributed by atoms with Gasteiger partial charge < -0.3 is 0 Å². The molecule has 0 saturated carbocycles. The first-order valence-electron chi connectivity index (χ1n) is 6.61. The molecule has 0 aliphatic carbocycles. The fraction of sp³-hybridized carbons (Fsp3) is 0.667. The summed E-state index contributed by atoms with van der Waals surface area (Å²) in [6.07, 6.45) is -2.81. The van der Waals surface area contributed by atoms with E-state index in [1.807, 2.05) is 0 Å². The van der Waals surface area contributed by atoms with Crippen LogP contribution in [0.3, 0.4) is 0 Å². The van der Waals surface area contributed by atoms with Gasteiger partial charge in [0.25, 0.3) is 0 Å². The van der Waals surface area contributed by atoms with E-state index in [9.17, 15) is 19.8 Å². The Morgan fingerprint density at radius 3 is 2.67 bits per heavy atom. The summed E-state index contributed by atoms with van der Waals surface area (Å²) in [5, 5.41) is 29.6. The van der Waals surface area contributed by atoms with Crippen molar-refractivity contribution in [3.63, 3.8) is 0 Å². The SMILES string of the molecule is C[AsH]CCc1cn([C@H]2O[C@@H](CO)C(O)C2O)c(=O)[nH]c1=O. The molecule has 5 atom stereocenters. The molecule has 1 aliphatic rings. The van der Waals surface area contributed by atoms with Crippen LogP contribution in [0.15, 0.2) is 15.8 Å². The number of aliphatic hydroxyl groups is 3. The van der Waals surface area contributed by atoms with Crippen LogP contribution in [0.5, 0.6) is 0 Å². The zero-order chi connectivity index (χ0) is 15.6. The molecule has 1 aromatic heterocycles. The summed E-state index contributed by atoms with van der Waals surface area (Å²) in [5.74, 6) is 0. The second-order valence-corrected chi connectivity index (χ2v) is 7.44. The Kier molecular flexibility index (Phi) is 5.40. The van der Waals surface area contributed by atoms with Gasteiger partial charge in [-0.05, 0) is 0 Å². The van der Waals surface area contributed by atoms with E-state index in [4.69, 9.17) is 9.84 Å². The average Bonchev–Trinajstić information content (AvgIpc) is 2.74. The topological polar surface area (TPSA) is 125 Å². The van der Waals surface area contributed by atoms with Crippen molar-refractivity contribution in [2.45, 2.75) is 41.9 Å². The van der Waals surface area contributed by atoms with Crippen molar-refractivity contribution in [1.82, 2.24) is 9.55 Å². The van der Waals surface area contributed by atoms with Gasteiger partial charge in [0.1, 0.15) is 0 Å². The molecule has 9 heteroatoms. The van der Waals surface area contributed by atoms with Crippen molar-refractivity contribution in [1.29, 1.82) is 0 Å². The molecule has 4 N–H and O–H groups in total. The van der Waals surface area contributed by atoms with Gasteiger partial charge in [-0.2, -0.15) is 0 Å². The van der Waals surface area contributed by atoms with Gasteiger partial charge in [-0.15, -0.1) is 0 Å². The summed E-state index contributed by atoms with van der Waals surface area (Å²) in [6, 6.07) is 0. The Labute approximate surface area is 127 Å². The molecule has 21 heavy (non-hydrogen) atoms. The van der Waals surface area contributed by atoms with E-state index in [2.05, 4.69) is 10.7 Å². The summed E-state index contributed by atoms with van der Waals surface area (Å²) in [6.45, 7) is -0.472. The number of hydrogen-bond donors (Lipinski definition) is 4. The number of nitrogens with one attached hydrogen (secondary N) is 1. The monoisotopic (exact) mass is 362 g/mol. The number of H-pyrrole nitrogens is 1. The Morgan fingerprint density at radius 2 is 2.10 bits per heavy atom. The number of nitrogens with zero attached hydrogens (tertiary/aromatic N) is 1. The van der Waals surface area contributed by atoms with E-state index in [1.165, 1.54) is 6.20 Å². The molecule has 0 radical (unpaired) electrons. The number of aromatic amines is 1. The third-order valence-corrected chi connectivity index (χ3v) is 5.05. The maximum absolute atomic E-state index is 11.9. The number of aryl methyl sites for hydroxylation is 1. The number of hydrogen-bond acceptors (Lipinski definition) is 6. The Balaban J connectivity index is 2.35. The summed E-state index contributed by atoms with van der Waals surface area (Å²) in [4.78, 5) is 25.8. The van der Waals surface area contributed by atoms with Gasteiger partial charge in [0.05, 0.1) is 0 Å². The van der Waals surface area contributed by atoms with Crippen LogP contribution in [0.25, 0.3) is 0 Å². The van der Waals surface area contributed by atoms with Crippen LogP contribution < -0.4 is 11.2 Å². The van der Waals surface area contributed by atoms with Crippen LogP contribution >= 0.6 is 0 Å². The third kappa shape index (κ3) is 3.30. The summed E-state index contributed by atoms with van der Waals surface area (Å²) in [7, 11) is 0. The van der Waals surface area contributed by atoms with Gasteiger partial charge in [0, 0.05) is 0 Å². The van der Waals surface area contributed by atoms with Gasteiger partial charge in [-0.1, -0.05) is 0 Å². The fourth-order valence-electron chi connectivity index (χ4n) is 2.26. The van der Waals surface area contributed by atoms with Crippen molar-refractivity contribution >= 4 is 15.8 Å². The van der Waals surface area contributed by atoms with Crippen LogP contribution in [-0.4, -0.2) is 65.5 Å².